The van der Waals surface area contributed by atoms with E-state index >= 15 is 0 Å². The summed E-state index contributed by atoms with van der Waals surface area (Å²) >= 11 is 14.1. The molecule has 1 amide bonds. The first-order valence-electron chi connectivity index (χ1n) is 11.8. The Morgan fingerprint density at radius 1 is 1.12 bits per heavy atom. The summed E-state index contributed by atoms with van der Waals surface area (Å²) < 4.78 is 2.00. The highest BCUT2D eigenvalue weighted by molar-refractivity contribution is 7.99. The minimum absolute atomic E-state index is 0.0216. The fraction of sp³-hybridized carbons (Fsp3) is 0.423. The molecule has 0 saturated heterocycles. The van der Waals surface area contributed by atoms with Gasteiger partial charge >= 0.3 is 0 Å². The number of thioether (sulfide) groups is 1. The fourth-order valence-corrected chi connectivity index (χ4v) is 5.70. The van der Waals surface area contributed by atoms with Gasteiger partial charge in [-0.15, -0.1) is 10.2 Å². The molecule has 1 N–H and O–H groups in total. The van der Waals surface area contributed by atoms with Crippen molar-refractivity contribution in [2.75, 3.05) is 12.3 Å². The Morgan fingerprint density at radius 2 is 1.88 bits per heavy atom. The van der Waals surface area contributed by atoms with Crippen LogP contribution in [0, 0.1) is 5.92 Å². The number of hydrogen-bond donors (Lipinski definition) is 1. The van der Waals surface area contributed by atoms with Crippen LogP contribution >= 0.6 is 35.0 Å². The van der Waals surface area contributed by atoms with E-state index in [0.29, 0.717) is 32.9 Å². The van der Waals surface area contributed by atoms with Gasteiger partial charge in [-0.3, -0.25) is 9.36 Å². The number of carbonyl (C=O) groups is 1. The van der Waals surface area contributed by atoms with E-state index in [2.05, 4.69) is 41.5 Å². The number of rotatable bonds is 8. The molecule has 0 bridgehead atoms. The fourth-order valence-electron chi connectivity index (χ4n) is 4.44. The highest BCUT2D eigenvalue weighted by atomic mass is 35.5. The molecule has 1 fully saturated rings. The molecule has 1 aliphatic rings. The molecule has 1 heterocycles. The predicted molar refractivity (Wildman–Crippen MR) is 141 cm³/mol. The Labute approximate surface area is 215 Å². The van der Waals surface area contributed by atoms with Gasteiger partial charge in [-0.25, -0.2) is 0 Å². The summed E-state index contributed by atoms with van der Waals surface area (Å²) in [5.74, 6) is 1.82. The van der Waals surface area contributed by atoms with Crippen LogP contribution in [0.2, 0.25) is 10.0 Å². The zero-order chi connectivity index (χ0) is 24.1. The Kier molecular flexibility index (Phi) is 8.56. The van der Waals surface area contributed by atoms with Gasteiger partial charge < -0.3 is 5.32 Å². The molecule has 0 atom stereocenters. The Morgan fingerprint density at radius 3 is 2.62 bits per heavy atom. The van der Waals surface area contributed by atoms with Gasteiger partial charge in [-0.05, 0) is 54.5 Å². The van der Waals surface area contributed by atoms with Crippen LogP contribution in [0.25, 0.3) is 17.1 Å². The maximum atomic E-state index is 12.6. The molecule has 1 saturated carbocycles. The minimum atomic E-state index is 0.0216. The van der Waals surface area contributed by atoms with Gasteiger partial charge in [-0.2, -0.15) is 0 Å². The van der Waals surface area contributed by atoms with Gasteiger partial charge in [-0.1, -0.05) is 86.3 Å². The zero-order valence-corrected chi connectivity index (χ0v) is 21.9. The number of halogens is 2. The SMILES string of the molecule is CC(C)c1ccccc1-n1c(SCC(=O)NCC2CCCCC2)nnc1-c1ccc(Cl)cc1Cl. The van der Waals surface area contributed by atoms with Crippen molar-refractivity contribution < 1.29 is 4.79 Å². The number of nitrogens with zero attached hydrogens (tertiary/aromatic N) is 3. The number of amides is 1. The number of aromatic nitrogens is 3. The van der Waals surface area contributed by atoms with E-state index in [1.807, 2.05) is 22.8 Å². The van der Waals surface area contributed by atoms with Crippen molar-refractivity contribution >= 4 is 40.9 Å². The summed E-state index contributed by atoms with van der Waals surface area (Å²) in [6.45, 7) is 5.07. The standard InChI is InChI=1S/C26H30Cl2N4OS/c1-17(2)20-10-6-7-11-23(20)32-25(21-13-12-19(27)14-22(21)28)30-31-26(32)34-16-24(33)29-15-18-8-4-3-5-9-18/h6-7,10-14,17-18H,3-5,8-9,15-16H2,1-2H3,(H,29,33). The van der Waals surface area contributed by atoms with Crippen LogP contribution in [0.4, 0.5) is 0 Å². The van der Waals surface area contributed by atoms with Crippen molar-refractivity contribution in [2.45, 2.75) is 57.0 Å². The first-order valence-corrected chi connectivity index (χ1v) is 13.6. The first kappa shape index (κ1) is 25.1. The largest absolute Gasteiger partial charge is 0.355 e. The molecule has 0 radical (unpaired) electrons. The molecule has 1 aromatic heterocycles. The normalized spacial score (nSPS) is 14.5. The topological polar surface area (TPSA) is 59.8 Å². The summed E-state index contributed by atoms with van der Waals surface area (Å²) in [7, 11) is 0. The van der Waals surface area contributed by atoms with Gasteiger partial charge in [0.05, 0.1) is 16.5 Å². The Balaban J connectivity index is 1.61. The van der Waals surface area contributed by atoms with Gasteiger partial charge in [0, 0.05) is 17.1 Å². The Hall–Kier alpha value is -2.02. The number of nitrogens with one attached hydrogen (secondary N) is 1. The van der Waals surface area contributed by atoms with Crippen molar-refractivity contribution in [1.29, 1.82) is 0 Å². The third-order valence-electron chi connectivity index (χ3n) is 6.25. The lowest BCUT2D eigenvalue weighted by Crippen LogP contribution is -2.31. The third-order valence-corrected chi connectivity index (χ3v) is 7.73. The Bertz CT molecular complexity index is 1140. The van der Waals surface area contributed by atoms with E-state index in [4.69, 9.17) is 23.2 Å². The van der Waals surface area contributed by atoms with Crippen LogP contribution in [-0.2, 0) is 4.79 Å². The summed E-state index contributed by atoms with van der Waals surface area (Å²) in [6.07, 6.45) is 6.26. The molecule has 5 nitrogen and oxygen atoms in total. The van der Waals surface area contributed by atoms with Crippen LogP contribution in [0.1, 0.15) is 57.4 Å². The summed E-state index contributed by atoms with van der Waals surface area (Å²) in [4.78, 5) is 12.6. The minimum Gasteiger partial charge on any atom is -0.355 e. The van der Waals surface area contributed by atoms with Crippen molar-refractivity contribution in [3.63, 3.8) is 0 Å². The quantitative estimate of drug-likeness (QED) is 0.322. The average Bonchev–Trinajstić information content (AvgIpc) is 3.25. The second-order valence-corrected chi connectivity index (χ2v) is 10.9. The predicted octanol–water partition coefficient (Wildman–Crippen LogP) is 7.15. The van der Waals surface area contributed by atoms with Crippen molar-refractivity contribution in [1.82, 2.24) is 20.1 Å². The highest BCUT2D eigenvalue weighted by Gasteiger charge is 2.22. The smallest absolute Gasteiger partial charge is 0.230 e. The van der Waals surface area contributed by atoms with Crippen LogP contribution in [0.3, 0.4) is 0 Å². The van der Waals surface area contributed by atoms with Gasteiger partial charge in [0.1, 0.15) is 0 Å². The van der Waals surface area contributed by atoms with Gasteiger partial charge in [0.2, 0.25) is 5.91 Å². The zero-order valence-electron chi connectivity index (χ0n) is 19.6. The number of benzene rings is 2. The monoisotopic (exact) mass is 516 g/mol. The number of hydrogen-bond acceptors (Lipinski definition) is 4. The summed E-state index contributed by atoms with van der Waals surface area (Å²) in [5.41, 5.74) is 2.89. The molecular formula is C26H30Cl2N4OS. The van der Waals surface area contributed by atoms with Crippen molar-refractivity contribution in [3.8, 4) is 17.1 Å². The second-order valence-electron chi connectivity index (χ2n) is 9.08. The molecule has 0 unspecified atom stereocenters. The summed E-state index contributed by atoms with van der Waals surface area (Å²) in [5, 5.41) is 13.8. The van der Waals surface area contributed by atoms with E-state index in [-0.39, 0.29) is 11.7 Å². The van der Waals surface area contributed by atoms with Crippen molar-refractivity contribution in [3.05, 3.63) is 58.1 Å². The number of carbonyl (C=O) groups excluding carboxylic acids is 1. The average molecular weight is 518 g/mol. The van der Waals surface area contributed by atoms with Crippen molar-refractivity contribution in [2.24, 2.45) is 5.92 Å². The van der Waals surface area contributed by atoms with E-state index in [9.17, 15) is 4.79 Å². The molecule has 1 aliphatic carbocycles. The van der Waals surface area contributed by atoms with Crippen LogP contribution in [0.5, 0.6) is 0 Å². The molecule has 0 aliphatic heterocycles. The van der Waals surface area contributed by atoms with Crippen LogP contribution in [-0.4, -0.2) is 33.0 Å². The maximum Gasteiger partial charge on any atom is 0.230 e. The molecule has 3 aromatic rings. The first-order chi connectivity index (χ1) is 16.4. The lowest BCUT2D eigenvalue weighted by atomic mass is 9.89. The van der Waals surface area contributed by atoms with E-state index in [1.165, 1.54) is 43.9 Å². The molecular weight excluding hydrogens is 487 g/mol. The molecule has 34 heavy (non-hydrogen) atoms. The molecule has 8 heteroatoms. The van der Waals surface area contributed by atoms with E-state index < -0.39 is 0 Å². The van der Waals surface area contributed by atoms with Gasteiger partial charge in [0.25, 0.3) is 0 Å². The van der Waals surface area contributed by atoms with E-state index in [1.54, 1.807) is 12.1 Å². The maximum absolute atomic E-state index is 12.6. The van der Waals surface area contributed by atoms with Crippen LogP contribution in [0.15, 0.2) is 47.6 Å². The highest BCUT2D eigenvalue weighted by Crippen LogP contribution is 2.35. The molecule has 2 aromatic carbocycles. The second kappa shape index (κ2) is 11.6. The van der Waals surface area contributed by atoms with Gasteiger partial charge in [0.15, 0.2) is 11.0 Å². The molecule has 4 rings (SSSR count). The molecule has 180 valence electrons. The molecule has 0 spiro atoms. The lowest BCUT2D eigenvalue weighted by molar-refractivity contribution is -0.118. The van der Waals surface area contributed by atoms with Crippen LogP contribution < -0.4 is 5.32 Å². The lowest BCUT2D eigenvalue weighted by Gasteiger charge is -2.21. The third kappa shape index (κ3) is 5.96. The summed E-state index contributed by atoms with van der Waals surface area (Å²) in [6, 6.07) is 13.6. The van der Waals surface area contributed by atoms with E-state index in [0.717, 1.165) is 23.4 Å². The number of para-hydroxylation sites is 1.